The Morgan fingerprint density at radius 2 is 2.00 bits per heavy atom. The van der Waals surface area contributed by atoms with Gasteiger partial charge in [0.25, 0.3) is 0 Å². The summed E-state index contributed by atoms with van der Waals surface area (Å²) in [6.07, 6.45) is -1.96. The monoisotopic (exact) mass is 266 g/mol. The number of carbonyl (C=O) groups excluding carboxylic acids is 1. The van der Waals surface area contributed by atoms with Gasteiger partial charge in [-0.1, -0.05) is 6.92 Å². The molecule has 2 atom stereocenters. The highest BCUT2D eigenvalue weighted by molar-refractivity contribution is 5.77. The Morgan fingerprint density at radius 1 is 1.44 bits per heavy atom. The van der Waals surface area contributed by atoms with Crippen molar-refractivity contribution in [2.24, 2.45) is 11.7 Å². The van der Waals surface area contributed by atoms with E-state index >= 15 is 0 Å². The number of rotatable bonds is 6. The van der Waals surface area contributed by atoms with E-state index in [1.807, 2.05) is 6.92 Å². The Labute approximate surface area is 106 Å². The quantitative estimate of drug-likeness (QED) is 0.802. The van der Waals surface area contributed by atoms with Gasteiger partial charge in [-0.3, -0.25) is 4.79 Å². The minimum atomic E-state index is -4.35. The molecule has 1 aliphatic rings. The molecule has 0 bridgehead atoms. The molecule has 106 valence electrons. The molecule has 1 aliphatic carbocycles. The Balaban J connectivity index is 2.66. The molecular formula is C12H21F3N2O. The van der Waals surface area contributed by atoms with Crippen molar-refractivity contribution in [2.45, 2.75) is 57.8 Å². The Bertz CT molecular complexity index is 290. The topological polar surface area (TPSA) is 46.3 Å². The highest BCUT2D eigenvalue weighted by atomic mass is 19.4. The zero-order chi connectivity index (χ0) is 13.9. The first-order valence-electron chi connectivity index (χ1n) is 6.36. The third kappa shape index (κ3) is 4.84. The molecule has 1 fully saturated rings. The fraction of sp³-hybridized carbons (Fsp3) is 0.917. The minimum absolute atomic E-state index is 0.0103. The lowest BCUT2D eigenvalue weighted by Gasteiger charge is -2.31. The predicted octanol–water partition coefficient (Wildman–Crippen LogP) is 2.30. The molecule has 3 nitrogen and oxygen atoms in total. The number of hydrogen-bond acceptors (Lipinski definition) is 2. The number of carbonyl (C=O) groups is 1. The average molecular weight is 266 g/mol. The van der Waals surface area contributed by atoms with E-state index in [9.17, 15) is 18.0 Å². The van der Waals surface area contributed by atoms with Crippen LogP contribution in [0.3, 0.4) is 0 Å². The molecule has 0 saturated heterocycles. The van der Waals surface area contributed by atoms with E-state index in [4.69, 9.17) is 5.73 Å². The Kier molecular flexibility index (Phi) is 5.01. The molecule has 2 N–H and O–H groups in total. The fourth-order valence-electron chi connectivity index (χ4n) is 1.97. The molecular weight excluding hydrogens is 245 g/mol. The summed E-state index contributed by atoms with van der Waals surface area (Å²) in [6, 6.07) is -0.706. The molecule has 6 heteroatoms. The van der Waals surface area contributed by atoms with Gasteiger partial charge in [-0.05, 0) is 32.1 Å². The number of hydrogen-bond donors (Lipinski definition) is 1. The van der Waals surface area contributed by atoms with Gasteiger partial charge >= 0.3 is 6.18 Å². The summed E-state index contributed by atoms with van der Waals surface area (Å²) < 4.78 is 37.5. The molecule has 0 aromatic carbocycles. The van der Waals surface area contributed by atoms with Crippen LogP contribution in [0.1, 0.15) is 39.5 Å². The van der Waals surface area contributed by atoms with Crippen LogP contribution in [-0.4, -0.2) is 35.6 Å². The maximum absolute atomic E-state index is 12.5. The van der Waals surface area contributed by atoms with Crippen molar-refractivity contribution >= 4 is 5.91 Å². The van der Waals surface area contributed by atoms with Crippen molar-refractivity contribution in [3.8, 4) is 0 Å². The number of halogens is 3. The Hall–Kier alpha value is -0.780. The second kappa shape index (κ2) is 5.91. The fourth-order valence-corrected chi connectivity index (χ4v) is 1.97. The molecule has 0 spiro atoms. The zero-order valence-corrected chi connectivity index (χ0v) is 10.8. The second-order valence-electron chi connectivity index (χ2n) is 5.09. The van der Waals surface area contributed by atoms with Crippen molar-refractivity contribution in [1.29, 1.82) is 0 Å². The number of amides is 1. The molecule has 18 heavy (non-hydrogen) atoms. The smallest absolute Gasteiger partial charge is 0.331 e. The second-order valence-corrected chi connectivity index (χ2v) is 5.09. The van der Waals surface area contributed by atoms with Crippen LogP contribution in [0.15, 0.2) is 0 Å². The Morgan fingerprint density at radius 3 is 2.39 bits per heavy atom. The van der Waals surface area contributed by atoms with Gasteiger partial charge in [-0.2, -0.15) is 13.2 Å². The van der Waals surface area contributed by atoms with Crippen LogP contribution in [0.4, 0.5) is 13.2 Å². The average Bonchev–Trinajstić information content (AvgIpc) is 3.07. The van der Waals surface area contributed by atoms with E-state index in [-0.39, 0.29) is 24.4 Å². The van der Waals surface area contributed by atoms with E-state index in [0.29, 0.717) is 6.42 Å². The zero-order valence-electron chi connectivity index (χ0n) is 10.8. The third-order valence-corrected chi connectivity index (χ3v) is 3.43. The minimum Gasteiger partial charge on any atom is -0.331 e. The van der Waals surface area contributed by atoms with Crippen molar-refractivity contribution in [2.75, 3.05) is 6.54 Å². The summed E-state index contributed by atoms with van der Waals surface area (Å²) in [4.78, 5) is 12.9. The van der Waals surface area contributed by atoms with Crippen molar-refractivity contribution in [3.63, 3.8) is 0 Å². The SMILES string of the molecule is CCC(N)CC(=O)N(CC(F)(F)F)C(C)C1CC1. The van der Waals surface area contributed by atoms with Gasteiger partial charge in [0.15, 0.2) is 0 Å². The number of nitrogens with zero attached hydrogens (tertiary/aromatic N) is 1. The lowest BCUT2D eigenvalue weighted by atomic mass is 10.1. The van der Waals surface area contributed by atoms with Crippen LogP contribution in [0.2, 0.25) is 0 Å². The van der Waals surface area contributed by atoms with Crippen LogP contribution in [-0.2, 0) is 4.79 Å². The first-order chi connectivity index (χ1) is 8.24. The van der Waals surface area contributed by atoms with E-state index in [0.717, 1.165) is 17.7 Å². The standard InChI is InChI=1S/C12H21F3N2O/c1-3-10(16)6-11(18)17(7-12(13,14)15)8(2)9-4-5-9/h8-10H,3-7,16H2,1-2H3. The molecule has 1 amide bonds. The summed E-state index contributed by atoms with van der Waals surface area (Å²) in [5.74, 6) is -0.268. The largest absolute Gasteiger partial charge is 0.406 e. The van der Waals surface area contributed by atoms with Crippen LogP contribution < -0.4 is 5.73 Å². The number of alkyl halides is 3. The molecule has 2 unspecified atom stereocenters. The van der Waals surface area contributed by atoms with Gasteiger partial charge in [0.05, 0.1) is 0 Å². The molecule has 0 aromatic rings. The summed E-state index contributed by atoms with van der Waals surface area (Å²) in [6.45, 7) is 2.34. The van der Waals surface area contributed by atoms with Crippen molar-refractivity contribution in [1.82, 2.24) is 4.90 Å². The highest BCUT2D eigenvalue weighted by Crippen LogP contribution is 2.36. The summed E-state index contributed by atoms with van der Waals surface area (Å²) in [5, 5.41) is 0. The van der Waals surface area contributed by atoms with Crippen LogP contribution in [0.25, 0.3) is 0 Å². The highest BCUT2D eigenvalue weighted by Gasteiger charge is 2.40. The van der Waals surface area contributed by atoms with Crippen LogP contribution >= 0.6 is 0 Å². The molecule has 0 aromatic heterocycles. The summed E-state index contributed by atoms with van der Waals surface area (Å²) in [7, 11) is 0. The molecule has 0 radical (unpaired) electrons. The summed E-state index contributed by atoms with van der Waals surface area (Å²) in [5.41, 5.74) is 5.64. The van der Waals surface area contributed by atoms with Gasteiger partial charge in [-0.25, -0.2) is 0 Å². The molecule has 0 aliphatic heterocycles. The van der Waals surface area contributed by atoms with Crippen LogP contribution in [0.5, 0.6) is 0 Å². The number of nitrogens with two attached hydrogens (primary N) is 1. The van der Waals surface area contributed by atoms with Gasteiger partial charge in [-0.15, -0.1) is 0 Å². The van der Waals surface area contributed by atoms with Crippen molar-refractivity contribution in [3.05, 3.63) is 0 Å². The molecule has 1 rings (SSSR count). The third-order valence-electron chi connectivity index (χ3n) is 3.43. The van der Waals surface area contributed by atoms with Crippen LogP contribution in [0, 0.1) is 5.92 Å². The van der Waals surface area contributed by atoms with Gasteiger partial charge in [0, 0.05) is 18.5 Å². The van der Waals surface area contributed by atoms with Gasteiger partial charge < -0.3 is 10.6 Å². The lowest BCUT2D eigenvalue weighted by Crippen LogP contribution is -2.47. The van der Waals surface area contributed by atoms with E-state index in [1.54, 1.807) is 6.92 Å². The molecule has 1 saturated carbocycles. The first-order valence-corrected chi connectivity index (χ1v) is 6.36. The first kappa shape index (κ1) is 15.3. The van der Waals surface area contributed by atoms with E-state index in [1.165, 1.54) is 0 Å². The lowest BCUT2D eigenvalue weighted by molar-refractivity contribution is -0.166. The van der Waals surface area contributed by atoms with Crippen molar-refractivity contribution < 1.29 is 18.0 Å². The summed E-state index contributed by atoms with van der Waals surface area (Å²) >= 11 is 0. The normalized spacial score (nSPS) is 19.4. The van der Waals surface area contributed by atoms with E-state index < -0.39 is 18.6 Å². The maximum atomic E-state index is 12.5. The van der Waals surface area contributed by atoms with Gasteiger partial charge in [0.1, 0.15) is 6.54 Å². The molecule has 0 heterocycles. The predicted molar refractivity (Wildman–Crippen MR) is 62.8 cm³/mol. The van der Waals surface area contributed by atoms with Gasteiger partial charge in [0.2, 0.25) is 5.91 Å². The maximum Gasteiger partial charge on any atom is 0.406 e. The van der Waals surface area contributed by atoms with E-state index in [2.05, 4.69) is 0 Å².